The highest BCUT2D eigenvalue weighted by atomic mass is 16.5. The molecule has 0 saturated carbocycles. The Morgan fingerprint density at radius 2 is 1.80 bits per heavy atom. The lowest BCUT2D eigenvalue weighted by Crippen LogP contribution is -2.09. The van der Waals surface area contributed by atoms with E-state index in [-0.39, 0.29) is 5.41 Å². The fourth-order valence-electron chi connectivity index (χ4n) is 1.97. The summed E-state index contributed by atoms with van der Waals surface area (Å²) in [6.07, 6.45) is 2.88. The number of benzene rings is 1. The second-order valence-corrected chi connectivity index (χ2v) is 6.02. The van der Waals surface area contributed by atoms with Gasteiger partial charge in [-0.2, -0.15) is 0 Å². The molecule has 3 nitrogen and oxygen atoms in total. The highest BCUT2D eigenvalue weighted by Crippen LogP contribution is 2.25. The first kappa shape index (κ1) is 14.4. The van der Waals surface area contributed by atoms with Gasteiger partial charge in [0.1, 0.15) is 11.5 Å². The summed E-state index contributed by atoms with van der Waals surface area (Å²) in [5.41, 5.74) is 1.48. The molecular formula is C17H21NO2. The molecule has 0 aliphatic rings. The van der Waals surface area contributed by atoms with Gasteiger partial charge in [-0.1, -0.05) is 32.9 Å². The molecule has 0 saturated heterocycles. The Kier molecular flexibility index (Phi) is 4.28. The Balaban J connectivity index is 2.06. The molecule has 0 atom stereocenters. The highest BCUT2D eigenvalue weighted by molar-refractivity contribution is 5.35. The molecule has 0 N–H and O–H groups in total. The van der Waals surface area contributed by atoms with Crippen molar-refractivity contribution in [3.05, 3.63) is 48.2 Å². The Morgan fingerprint density at radius 3 is 2.40 bits per heavy atom. The zero-order chi connectivity index (χ0) is 14.6. The van der Waals surface area contributed by atoms with E-state index in [0.29, 0.717) is 5.88 Å². The molecule has 20 heavy (non-hydrogen) atoms. The maximum Gasteiger partial charge on any atom is 0.219 e. The van der Waals surface area contributed by atoms with Gasteiger partial charge in [0.05, 0.1) is 7.11 Å². The van der Waals surface area contributed by atoms with Crippen molar-refractivity contribution in [2.24, 2.45) is 5.41 Å². The first-order valence-electron chi connectivity index (χ1n) is 6.73. The van der Waals surface area contributed by atoms with Crippen LogP contribution in [0.3, 0.4) is 0 Å². The SMILES string of the molecule is COc1cccc(Oc2ccc(CC(C)(C)C)cn2)c1. The van der Waals surface area contributed by atoms with Gasteiger partial charge in [0.2, 0.25) is 5.88 Å². The first-order chi connectivity index (χ1) is 9.46. The summed E-state index contributed by atoms with van der Waals surface area (Å²) in [4.78, 5) is 4.35. The molecule has 0 unspecified atom stereocenters. The van der Waals surface area contributed by atoms with Gasteiger partial charge in [-0.05, 0) is 29.5 Å². The number of ether oxygens (including phenoxy) is 2. The third kappa shape index (κ3) is 4.26. The van der Waals surface area contributed by atoms with E-state index >= 15 is 0 Å². The molecule has 2 aromatic rings. The molecule has 106 valence electrons. The van der Waals surface area contributed by atoms with Gasteiger partial charge in [0.15, 0.2) is 0 Å². The van der Waals surface area contributed by atoms with E-state index in [1.54, 1.807) is 7.11 Å². The largest absolute Gasteiger partial charge is 0.497 e. The Hall–Kier alpha value is -2.03. The van der Waals surface area contributed by atoms with Crippen molar-refractivity contribution in [1.82, 2.24) is 4.98 Å². The van der Waals surface area contributed by atoms with Crippen molar-refractivity contribution < 1.29 is 9.47 Å². The summed E-state index contributed by atoms with van der Waals surface area (Å²) in [6.45, 7) is 6.65. The molecule has 1 aromatic carbocycles. The van der Waals surface area contributed by atoms with E-state index < -0.39 is 0 Å². The maximum atomic E-state index is 5.71. The minimum atomic E-state index is 0.261. The lowest BCUT2D eigenvalue weighted by Gasteiger charge is -2.17. The number of hydrogen-bond donors (Lipinski definition) is 0. The molecule has 0 amide bonds. The van der Waals surface area contributed by atoms with Gasteiger partial charge in [-0.3, -0.25) is 0 Å². The number of rotatable bonds is 4. The van der Waals surface area contributed by atoms with Gasteiger partial charge in [0, 0.05) is 18.3 Å². The number of pyridine rings is 1. The molecule has 2 rings (SSSR count). The van der Waals surface area contributed by atoms with Crippen molar-refractivity contribution in [2.45, 2.75) is 27.2 Å². The van der Waals surface area contributed by atoms with Crippen LogP contribution in [0.25, 0.3) is 0 Å². The number of methoxy groups -OCH3 is 1. The molecular weight excluding hydrogens is 250 g/mol. The Bertz CT molecular complexity index is 556. The van der Waals surface area contributed by atoms with Crippen molar-refractivity contribution >= 4 is 0 Å². The Morgan fingerprint density at radius 1 is 1.05 bits per heavy atom. The molecule has 0 radical (unpaired) electrons. The molecule has 0 aliphatic carbocycles. The standard InChI is InChI=1S/C17H21NO2/c1-17(2,3)11-13-8-9-16(18-12-13)20-15-7-5-6-14(10-15)19-4/h5-10,12H,11H2,1-4H3. The van der Waals surface area contributed by atoms with E-state index in [9.17, 15) is 0 Å². The lowest BCUT2D eigenvalue weighted by molar-refractivity contribution is 0.405. The second-order valence-electron chi connectivity index (χ2n) is 6.02. The van der Waals surface area contributed by atoms with E-state index in [4.69, 9.17) is 9.47 Å². The third-order valence-electron chi connectivity index (χ3n) is 2.80. The van der Waals surface area contributed by atoms with Gasteiger partial charge in [-0.25, -0.2) is 4.98 Å². The monoisotopic (exact) mass is 271 g/mol. The average molecular weight is 271 g/mol. The van der Waals surface area contributed by atoms with E-state index in [2.05, 4.69) is 31.8 Å². The van der Waals surface area contributed by atoms with E-state index in [0.717, 1.165) is 17.9 Å². The van der Waals surface area contributed by atoms with Crippen molar-refractivity contribution in [1.29, 1.82) is 0 Å². The maximum absolute atomic E-state index is 5.71. The molecule has 0 aliphatic heterocycles. The topological polar surface area (TPSA) is 31.4 Å². The fraction of sp³-hybridized carbons (Fsp3) is 0.353. The zero-order valence-corrected chi connectivity index (χ0v) is 12.5. The predicted molar refractivity (Wildman–Crippen MR) is 80.5 cm³/mol. The average Bonchev–Trinajstić information content (AvgIpc) is 2.40. The molecule has 3 heteroatoms. The van der Waals surface area contributed by atoms with Gasteiger partial charge in [-0.15, -0.1) is 0 Å². The minimum absolute atomic E-state index is 0.261. The van der Waals surface area contributed by atoms with Crippen LogP contribution in [0.5, 0.6) is 17.4 Å². The Labute approximate surface area is 120 Å². The van der Waals surface area contributed by atoms with E-state index in [1.807, 2.05) is 36.5 Å². The van der Waals surface area contributed by atoms with E-state index in [1.165, 1.54) is 5.56 Å². The van der Waals surface area contributed by atoms with Crippen LogP contribution >= 0.6 is 0 Å². The van der Waals surface area contributed by atoms with Crippen LogP contribution in [-0.2, 0) is 6.42 Å². The summed E-state index contributed by atoms with van der Waals surface area (Å²) in [5.74, 6) is 2.09. The fourth-order valence-corrected chi connectivity index (χ4v) is 1.97. The van der Waals surface area contributed by atoms with Crippen LogP contribution in [0, 0.1) is 5.41 Å². The normalized spacial score (nSPS) is 11.2. The van der Waals surface area contributed by atoms with Crippen molar-refractivity contribution in [2.75, 3.05) is 7.11 Å². The summed E-state index contributed by atoms with van der Waals surface area (Å²) >= 11 is 0. The molecule has 1 heterocycles. The minimum Gasteiger partial charge on any atom is -0.497 e. The van der Waals surface area contributed by atoms with Gasteiger partial charge in [0.25, 0.3) is 0 Å². The summed E-state index contributed by atoms with van der Waals surface area (Å²) in [5, 5.41) is 0. The van der Waals surface area contributed by atoms with Crippen molar-refractivity contribution in [3.8, 4) is 17.4 Å². The smallest absolute Gasteiger partial charge is 0.219 e. The third-order valence-corrected chi connectivity index (χ3v) is 2.80. The molecule has 0 bridgehead atoms. The van der Waals surface area contributed by atoms with Crippen LogP contribution < -0.4 is 9.47 Å². The summed E-state index contributed by atoms with van der Waals surface area (Å²) in [7, 11) is 1.64. The van der Waals surface area contributed by atoms with Crippen LogP contribution in [0.15, 0.2) is 42.6 Å². The van der Waals surface area contributed by atoms with Crippen LogP contribution in [-0.4, -0.2) is 12.1 Å². The predicted octanol–water partition coefficient (Wildman–Crippen LogP) is 4.47. The summed E-state index contributed by atoms with van der Waals surface area (Å²) < 4.78 is 10.9. The number of hydrogen-bond acceptors (Lipinski definition) is 3. The van der Waals surface area contributed by atoms with Crippen LogP contribution in [0.2, 0.25) is 0 Å². The zero-order valence-electron chi connectivity index (χ0n) is 12.5. The molecule has 0 fully saturated rings. The quantitative estimate of drug-likeness (QED) is 0.822. The molecule has 0 spiro atoms. The van der Waals surface area contributed by atoms with Crippen LogP contribution in [0.1, 0.15) is 26.3 Å². The lowest BCUT2D eigenvalue weighted by atomic mass is 9.89. The summed E-state index contributed by atoms with van der Waals surface area (Å²) in [6, 6.07) is 11.5. The van der Waals surface area contributed by atoms with Gasteiger partial charge < -0.3 is 9.47 Å². The van der Waals surface area contributed by atoms with Crippen molar-refractivity contribution in [3.63, 3.8) is 0 Å². The number of aromatic nitrogens is 1. The van der Waals surface area contributed by atoms with Crippen LogP contribution in [0.4, 0.5) is 0 Å². The number of nitrogens with zero attached hydrogens (tertiary/aromatic N) is 1. The highest BCUT2D eigenvalue weighted by Gasteiger charge is 2.11. The second kappa shape index (κ2) is 5.95. The first-order valence-corrected chi connectivity index (χ1v) is 6.73. The van der Waals surface area contributed by atoms with Gasteiger partial charge >= 0.3 is 0 Å². The molecule has 1 aromatic heterocycles.